The average molecular weight is 298 g/mol. The largest absolute Gasteiger partial charge is 0.481 e. The molecule has 2 atom stereocenters. The summed E-state index contributed by atoms with van der Waals surface area (Å²) in [7, 11) is 0. The van der Waals surface area contributed by atoms with Gasteiger partial charge in [-0.15, -0.1) is 0 Å². The first-order valence-corrected chi connectivity index (χ1v) is 8.01. The van der Waals surface area contributed by atoms with Crippen molar-refractivity contribution in [2.24, 2.45) is 11.3 Å². The third kappa shape index (κ3) is 7.46. The number of nitrogens with one attached hydrogen (secondary N) is 2. The van der Waals surface area contributed by atoms with Gasteiger partial charge in [0, 0.05) is 25.4 Å². The zero-order valence-corrected chi connectivity index (χ0v) is 13.6. The number of hydrogen-bond donors (Lipinski definition) is 3. The third-order valence-electron chi connectivity index (χ3n) is 4.34. The maximum absolute atomic E-state index is 11.9. The lowest BCUT2D eigenvalue weighted by Gasteiger charge is -2.30. The molecule has 0 aromatic carbocycles. The van der Waals surface area contributed by atoms with Crippen LogP contribution >= 0.6 is 0 Å². The van der Waals surface area contributed by atoms with Gasteiger partial charge in [-0.05, 0) is 43.6 Å². The van der Waals surface area contributed by atoms with Crippen molar-refractivity contribution in [3.05, 3.63) is 0 Å². The molecule has 1 fully saturated rings. The molecule has 1 aliphatic rings. The summed E-state index contributed by atoms with van der Waals surface area (Å²) in [5.41, 5.74) is 0.0627. The first-order chi connectivity index (χ1) is 9.79. The highest BCUT2D eigenvalue weighted by Crippen LogP contribution is 2.32. The number of carboxylic acid groups (broad SMARTS) is 1. The molecule has 0 radical (unpaired) electrons. The van der Waals surface area contributed by atoms with E-state index in [1.54, 1.807) is 0 Å². The van der Waals surface area contributed by atoms with E-state index in [0.717, 1.165) is 25.8 Å². The second-order valence-electron chi connectivity index (χ2n) is 7.13. The smallest absolute Gasteiger partial charge is 0.303 e. The molecule has 2 unspecified atom stereocenters. The SMILES string of the molecule is CC(C)(C)C(CCNC(=O)CC1CCCN1)CCC(=O)O. The predicted molar refractivity (Wildman–Crippen MR) is 83.1 cm³/mol. The van der Waals surface area contributed by atoms with Gasteiger partial charge in [0.2, 0.25) is 5.91 Å². The molecule has 1 amide bonds. The highest BCUT2D eigenvalue weighted by atomic mass is 16.4. The second kappa shape index (κ2) is 8.37. The normalized spacial score (nSPS) is 20.2. The standard InChI is InChI=1S/C16H30N2O3/c1-16(2,3)12(6-7-15(20)21)8-10-18-14(19)11-13-5-4-9-17-13/h12-13,17H,4-11H2,1-3H3,(H,18,19)(H,20,21). The zero-order chi connectivity index (χ0) is 15.9. The van der Waals surface area contributed by atoms with Gasteiger partial charge in [0.25, 0.3) is 0 Å². The minimum absolute atomic E-state index is 0.0627. The number of rotatable bonds is 8. The highest BCUT2D eigenvalue weighted by Gasteiger charge is 2.25. The Morgan fingerprint density at radius 1 is 1.33 bits per heavy atom. The van der Waals surface area contributed by atoms with Crippen LogP contribution in [0.25, 0.3) is 0 Å². The van der Waals surface area contributed by atoms with Crippen LogP contribution in [-0.4, -0.2) is 36.1 Å². The fourth-order valence-corrected chi connectivity index (χ4v) is 2.92. The van der Waals surface area contributed by atoms with E-state index >= 15 is 0 Å². The molecule has 1 aliphatic heterocycles. The van der Waals surface area contributed by atoms with E-state index in [0.29, 0.717) is 31.3 Å². The number of amides is 1. The number of carbonyl (C=O) groups excluding carboxylic acids is 1. The Kier molecular flexibility index (Phi) is 7.15. The molecule has 1 heterocycles. The van der Waals surface area contributed by atoms with Gasteiger partial charge in [-0.3, -0.25) is 9.59 Å². The van der Waals surface area contributed by atoms with Crippen molar-refractivity contribution in [3.63, 3.8) is 0 Å². The first-order valence-electron chi connectivity index (χ1n) is 8.01. The maximum Gasteiger partial charge on any atom is 0.303 e. The van der Waals surface area contributed by atoms with Crippen molar-refractivity contribution >= 4 is 11.9 Å². The summed E-state index contributed by atoms with van der Waals surface area (Å²) in [5, 5.41) is 15.1. The highest BCUT2D eigenvalue weighted by molar-refractivity contribution is 5.76. The topological polar surface area (TPSA) is 78.4 Å². The van der Waals surface area contributed by atoms with Gasteiger partial charge >= 0.3 is 5.97 Å². The Balaban J connectivity index is 2.28. The second-order valence-corrected chi connectivity index (χ2v) is 7.13. The van der Waals surface area contributed by atoms with Gasteiger partial charge in [-0.2, -0.15) is 0 Å². The molecule has 0 aliphatic carbocycles. The fourth-order valence-electron chi connectivity index (χ4n) is 2.92. The van der Waals surface area contributed by atoms with E-state index in [1.807, 2.05) is 0 Å². The molecular weight excluding hydrogens is 268 g/mol. The minimum atomic E-state index is -0.749. The Morgan fingerprint density at radius 2 is 2.05 bits per heavy atom. The van der Waals surface area contributed by atoms with E-state index in [1.165, 1.54) is 0 Å². The summed E-state index contributed by atoms with van der Waals surface area (Å²) in [5.74, 6) is -0.348. The third-order valence-corrected chi connectivity index (χ3v) is 4.34. The van der Waals surface area contributed by atoms with Crippen molar-refractivity contribution in [1.29, 1.82) is 0 Å². The lowest BCUT2D eigenvalue weighted by Crippen LogP contribution is -2.34. The Morgan fingerprint density at radius 3 is 2.57 bits per heavy atom. The van der Waals surface area contributed by atoms with Gasteiger partial charge in [-0.25, -0.2) is 0 Å². The van der Waals surface area contributed by atoms with Crippen molar-refractivity contribution in [2.45, 2.75) is 65.3 Å². The van der Waals surface area contributed by atoms with E-state index in [2.05, 4.69) is 31.4 Å². The maximum atomic E-state index is 11.9. The lowest BCUT2D eigenvalue weighted by molar-refractivity contribution is -0.137. The summed E-state index contributed by atoms with van der Waals surface area (Å²) in [6.45, 7) is 8.03. The Bertz CT molecular complexity index is 344. The van der Waals surface area contributed by atoms with Gasteiger partial charge in [-0.1, -0.05) is 20.8 Å². The molecule has 5 heteroatoms. The van der Waals surface area contributed by atoms with Crippen molar-refractivity contribution < 1.29 is 14.7 Å². The number of carbonyl (C=O) groups is 2. The minimum Gasteiger partial charge on any atom is -0.481 e. The molecule has 21 heavy (non-hydrogen) atoms. The first kappa shape index (κ1) is 18.0. The van der Waals surface area contributed by atoms with E-state index in [4.69, 9.17) is 5.11 Å². The van der Waals surface area contributed by atoms with Gasteiger partial charge in [0.05, 0.1) is 0 Å². The number of hydrogen-bond acceptors (Lipinski definition) is 3. The summed E-state index contributed by atoms with van der Waals surface area (Å²) in [6, 6.07) is 0.329. The Hall–Kier alpha value is -1.10. The van der Waals surface area contributed by atoms with Crippen LogP contribution in [0.5, 0.6) is 0 Å². The van der Waals surface area contributed by atoms with Crippen molar-refractivity contribution in [2.75, 3.05) is 13.1 Å². The molecule has 3 N–H and O–H groups in total. The summed E-state index contributed by atoms with van der Waals surface area (Å²) in [4.78, 5) is 22.6. The predicted octanol–water partition coefficient (Wildman–Crippen LogP) is 2.16. The summed E-state index contributed by atoms with van der Waals surface area (Å²) in [6.07, 6.45) is 4.48. The number of aliphatic carboxylic acids is 1. The van der Waals surface area contributed by atoms with Crippen LogP contribution in [0.3, 0.4) is 0 Å². The van der Waals surface area contributed by atoms with Crippen LogP contribution < -0.4 is 10.6 Å². The molecule has 1 saturated heterocycles. The van der Waals surface area contributed by atoms with Crippen LogP contribution in [0, 0.1) is 11.3 Å². The molecule has 5 nitrogen and oxygen atoms in total. The van der Waals surface area contributed by atoms with Gasteiger partial charge in [0.1, 0.15) is 0 Å². The lowest BCUT2D eigenvalue weighted by atomic mass is 9.76. The van der Waals surface area contributed by atoms with Crippen molar-refractivity contribution in [3.8, 4) is 0 Å². The van der Waals surface area contributed by atoms with Crippen LogP contribution in [0.15, 0.2) is 0 Å². The van der Waals surface area contributed by atoms with Gasteiger partial charge in [0.15, 0.2) is 0 Å². The van der Waals surface area contributed by atoms with Crippen LogP contribution in [-0.2, 0) is 9.59 Å². The molecule has 0 saturated carbocycles. The molecule has 1 rings (SSSR count). The van der Waals surface area contributed by atoms with E-state index < -0.39 is 5.97 Å². The molecule has 0 aromatic rings. The van der Waals surface area contributed by atoms with Gasteiger partial charge < -0.3 is 15.7 Å². The molecule has 0 spiro atoms. The monoisotopic (exact) mass is 298 g/mol. The molecule has 122 valence electrons. The van der Waals surface area contributed by atoms with Crippen molar-refractivity contribution in [1.82, 2.24) is 10.6 Å². The molecule has 0 aromatic heterocycles. The number of carboxylic acids is 1. The summed E-state index contributed by atoms with van der Waals surface area (Å²) >= 11 is 0. The quantitative estimate of drug-likeness (QED) is 0.641. The zero-order valence-electron chi connectivity index (χ0n) is 13.6. The average Bonchev–Trinajstić information content (AvgIpc) is 2.84. The van der Waals surface area contributed by atoms with Crippen LogP contribution in [0.4, 0.5) is 0 Å². The Labute approximate surface area is 127 Å². The van der Waals surface area contributed by atoms with E-state index in [-0.39, 0.29) is 17.7 Å². The molecular formula is C16H30N2O3. The fraction of sp³-hybridized carbons (Fsp3) is 0.875. The molecule has 0 bridgehead atoms. The summed E-state index contributed by atoms with van der Waals surface area (Å²) < 4.78 is 0. The van der Waals surface area contributed by atoms with Crippen LogP contribution in [0.2, 0.25) is 0 Å². The van der Waals surface area contributed by atoms with E-state index in [9.17, 15) is 9.59 Å². The van der Waals surface area contributed by atoms with Crippen LogP contribution in [0.1, 0.15) is 59.3 Å².